The second-order valence-electron chi connectivity index (χ2n) is 5.69. The largest absolute Gasteiger partial charge is 0.382 e. The van der Waals surface area contributed by atoms with Gasteiger partial charge in [0.1, 0.15) is 0 Å². The van der Waals surface area contributed by atoms with Crippen LogP contribution in [0, 0.1) is 0 Å². The van der Waals surface area contributed by atoms with Gasteiger partial charge in [0.25, 0.3) is 0 Å². The van der Waals surface area contributed by atoms with Crippen LogP contribution in [0.25, 0.3) is 0 Å². The Morgan fingerprint density at radius 3 is 2.45 bits per heavy atom. The molecule has 0 radical (unpaired) electrons. The van der Waals surface area contributed by atoms with E-state index in [0.29, 0.717) is 12.1 Å². The lowest BCUT2D eigenvalue weighted by Crippen LogP contribution is -2.32. The van der Waals surface area contributed by atoms with Crippen LogP contribution in [-0.2, 0) is 0 Å². The summed E-state index contributed by atoms with van der Waals surface area (Å²) in [5.74, 6) is 0. The number of nitrogens with one attached hydrogen (secondary N) is 2. The zero-order valence-electron chi connectivity index (χ0n) is 11.6. The van der Waals surface area contributed by atoms with Crippen LogP contribution in [0.15, 0.2) is 24.3 Å². The molecule has 3 rings (SSSR count). The molecule has 2 aliphatic rings. The van der Waals surface area contributed by atoms with Gasteiger partial charge in [0.2, 0.25) is 0 Å². The van der Waals surface area contributed by atoms with Crippen LogP contribution in [0.5, 0.6) is 0 Å². The fourth-order valence-electron chi connectivity index (χ4n) is 2.95. The van der Waals surface area contributed by atoms with Crippen LogP contribution in [0.4, 0.5) is 16.2 Å². The van der Waals surface area contributed by atoms with Gasteiger partial charge in [-0.25, -0.2) is 4.79 Å². The van der Waals surface area contributed by atoms with E-state index in [2.05, 4.69) is 22.8 Å². The highest BCUT2D eigenvalue weighted by Gasteiger charge is 2.21. The highest BCUT2D eigenvalue weighted by atomic mass is 16.2. The molecule has 0 bridgehead atoms. The SMILES string of the molecule is NC1CCC(Nc2ccc(N3CCNC3=O)cc2)CC1. The maximum atomic E-state index is 11.6. The van der Waals surface area contributed by atoms with Crippen molar-refractivity contribution >= 4 is 17.4 Å². The molecule has 5 heteroatoms. The third kappa shape index (κ3) is 2.88. The zero-order chi connectivity index (χ0) is 13.9. The minimum Gasteiger partial charge on any atom is -0.382 e. The van der Waals surface area contributed by atoms with E-state index in [1.807, 2.05) is 12.1 Å². The molecule has 1 saturated heterocycles. The molecule has 1 saturated carbocycles. The number of nitrogens with zero attached hydrogens (tertiary/aromatic N) is 1. The molecule has 20 heavy (non-hydrogen) atoms. The molecule has 0 unspecified atom stereocenters. The Balaban J connectivity index is 1.60. The van der Waals surface area contributed by atoms with E-state index in [9.17, 15) is 4.79 Å². The maximum absolute atomic E-state index is 11.6. The summed E-state index contributed by atoms with van der Waals surface area (Å²) < 4.78 is 0. The molecule has 5 nitrogen and oxygen atoms in total. The Morgan fingerprint density at radius 2 is 1.85 bits per heavy atom. The van der Waals surface area contributed by atoms with Gasteiger partial charge in [-0.1, -0.05) is 0 Å². The lowest BCUT2D eigenvalue weighted by Gasteiger charge is -2.27. The van der Waals surface area contributed by atoms with E-state index in [1.165, 1.54) is 0 Å². The molecule has 0 atom stereocenters. The minimum absolute atomic E-state index is 0.00743. The number of nitrogens with two attached hydrogens (primary N) is 1. The van der Waals surface area contributed by atoms with Gasteiger partial charge in [-0.3, -0.25) is 4.90 Å². The van der Waals surface area contributed by atoms with Crippen LogP contribution in [0.1, 0.15) is 25.7 Å². The molecule has 0 aromatic heterocycles. The molecule has 0 spiro atoms. The van der Waals surface area contributed by atoms with Crippen molar-refractivity contribution < 1.29 is 4.79 Å². The molecule has 1 aliphatic heterocycles. The number of benzene rings is 1. The number of rotatable bonds is 3. The van der Waals surface area contributed by atoms with E-state index in [1.54, 1.807) is 4.90 Å². The Morgan fingerprint density at radius 1 is 1.15 bits per heavy atom. The van der Waals surface area contributed by atoms with E-state index < -0.39 is 0 Å². The number of carbonyl (C=O) groups is 1. The lowest BCUT2D eigenvalue weighted by molar-refractivity contribution is 0.252. The fraction of sp³-hybridized carbons (Fsp3) is 0.533. The van der Waals surface area contributed by atoms with E-state index in [0.717, 1.165) is 50.1 Å². The summed E-state index contributed by atoms with van der Waals surface area (Å²) in [6.45, 7) is 1.47. The standard InChI is InChI=1S/C15H22N4O/c16-11-1-3-12(4-2-11)18-13-5-7-14(8-6-13)19-10-9-17-15(19)20/h5-8,11-12,18H,1-4,9-10,16H2,(H,17,20). The zero-order valence-corrected chi connectivity index (χ0v) is 11.6. The summed E-state index contributed by atoms with van der Waals surface area (Å²) in [6, 6.07) is 9.00. The van der Waals surface area contributed by atoms with E-state index >= 15 is 0 Å². The number of carbonyl (C=O) groups excluding carboxylic acids is 1. The van der Waals surface area contributed by atoms with Gasteiger partial charge < -0.3 is 16.4 Å². The predicted molar refractivity (Wildman–Crippen MR) is 81.0 cm³/mol. The molecule has 4 N–H and O–H groups in total. The summed E-state index contributed by atoms with van der Waals surface area (Å²) in [5, 5.41) is 6.37. The van der Waals surface area contributed by atoms with Crippen molar-refractivity contribution in [2.45, 2.75) is 37.8 Å². The smallest absolute Gasteiger partial charge is 0.321 e. The highest BCUT2D eigenvalue weighted by Crippen LogP contribution is 2.23. The van der Waals surface area contributed by atoms with Gasteiger partial charge in [-0.15, -0.1) is 0 Å². The van der Waals surface area contributed by atoms with Crippen LogP contribution in [0.2, 0.25) is 0 Å². The third-order valence-electron chi connectivity index (χ3n) is 4.18. The Bertz CT molecular complexity index is 465. The monoisotopic (exact) mass is 274 g/mol. The van der Waals surface area contributed by atoms with Crippen molar-refractivity contribution in [3.05, 3.63) is 24.3 Å². The molecule has 2 amide bonds. The second-order valence-corrected chi connectivity index (χ2v) is 5.69. The molecule has 1 aromatic carbocycles. The van der Waals surface area contributed by atoms with Crippen molar-refractivity contribution in [3.8, 4) is 0 Å². The molecule has 1 aromatic rings. The summed E-state index contributed by atoms with van der Waals surface area (Å²) in [7, 11) is 0. The van der Waals surface area contributed by atoms with Gasteiger partial charge in [0, 0.05) is 36.5 Å². The van der Waals surface area contributed by atoms with Gasteiger partial charge in [0.15, 0.2) is 0 Å². The first-order chi connectivity index (χ1) is 9.72. The number of urea groups is 1. The van der Waals surface area contributed by atoms with E-state index in [-0.39, 0.29) is 6.03 Å². The maximum Gasteiger partial charge on any atom is 0.321 e. The number of anilines is 2. The summed E-state index contributed by atoms with van der Waals surface area (Å²) in [4.78, 5) is 13.4. The van der Waals surface area contributed by atoms with Crippen LogP contribution < -0.4 is 21.3 Å². The number of hydrogen-bond donors (Lipinski definition) is 3. The molecule has 1 aliphatic carbocycles. The van der Waals surface area contributed by atoms with Crippen molar-refractivity contribution in [3.63, 3.8) is 0 Å². The number of hydrogen-bond acceptors (Lipinski definition) is 3. The molecule has 108 valence electrons. The van der Waals surface area contributed by atoms with Crippen LogP contribution in [0.3, 0.4) is 0 Å². The molecular formula is C15H22N4O. The normalized spacial score (nSPS) is 26.4. The molecule has 1 heterocycles. The number of amides is 2. The van der Waals surface area contributed by atoms with Gasteiger partial charge in [0.05, 0.1) is 0 Å². The quantitative estimate of drug-likeness (QED) is 0.788. The van der Waals surface area contributed by atoms with Crippen molar-refractivity contribution in [1.29, 1.82) is 0 Å². The predicted octanol–water partition coefficient (Wildman–Crippen LogP) is 1.90. The summed E-state index contributed by atoms with van der Waals surface area (Å²) in [5.41, 5.74) is 8.00. The van der Waals surface area contributed by atoms with Crippen LogP contribution >= 0.6 is 0 Å². The summed E-state index contributed by atoms with van der Waals surface area (Å²) >= 11 is 0. The first-order valence-corrected chi connectivity index (χ1v) is 7.40. The first-order valence-electron chi connectivity index (χ1n) is 7.40. The molecular weight excluding hydrogens is 252 g/mol. The average molecular weight is 274 g/mol. The Kier molecular flexibility index (Phi) is 3.78. The minimum atomic E-state index is -0.00743. The van der Waals surface area contributed by atoms with Crippen molar-refractivity contribution in [2.75, 3.05) is 23.3 Å². The first kappa shape index (κ1) is 13.2. The highest BCUT2D eigenvalue weighted by molar-refractivity contribution is 5.94. The van der Waals surface area contributed by atoms with Gasteiger partial charge >= 0.3 is 6.03 Å². The lowest BCUT2D eigenvalue weighted by atomic mass is 9.91. The van der Waals surface area contributed by atoms with E-state index in [4.69, 9.17) is 5.73 Å². The van der Waals surface area contributed by atoms with Crippen LogP contribution in [-0.4, -0.2) is 31.2 Å². The second kappa shape index (κ2) is 5.71. The third-order valence-corrected chi connectivity index (χ3v) is 4.18. The Hall–Kier alpha value is -1.75. The topological polar surface area (TPSA) is 70.4 Å². The van der Waals surface area contributed by atoms with Gasteiger partial charge in [-0.2, -0.15) is 0 Å². The summed E-state index contributed by atoms with van der Waals surface area (Å²) in [6.07, 6.45) is 4.47. The van der Waals surface area contributed by atoms with Crippen molar-refractivity contribution in [2.24, 2.45) is 5.73 Å². The fourth-order valence-corrected chi connectivity index (χ4v) is 2.95. The molecule has 2 fully saturated rings. The average Bonchev–Trinajstić information content (AvgIpc) is 2.89. The Labute approximate surface area is 119 Å². The van der Waals surface area contributed by atoms with Crippen molar-refractivity contribution in [1.82, 2.24) is 5.32 Å². The van der Waals surface area contributed by atoms with Gasteiger partial charge in [-0.05, 0) is 49.9 Å².